The van der Waals surface area contributed by atoms with Crippen molar-refractivity contribution in [2.45, 2.75) is 63.1 Å². The molecule has 1 aromatic rings. The second-order valence-corrected chi connectivity index (χ2v) is 7.35. The number of hydrogen-bond donors (Lipinski definition) is 2. The van der Waals surface area contributed by atoms with Gasteiger partial charge in [-0.05, 0) is 59.3 Å². The molecule has 2 aliphatic carbocycles. The third kappa shape index (κ3) is 4.44. The lowest BCUT2D eigenvalue weighted by atomic mass is 9.85. The molecule has 3 rings (SSSR count). The molecule has 2 N–H and O–H groups in total. The zero-order valence-corrected chi connectivity index (χ0v) is 14.0. The summed E-state index contributed by atoms with van der Waals surface area (Å²) in [6, 6.07) is 6.93. The van der Waals surface area contributed by atoms with E-state index in [2.05, 4.69) is 33.4 Å². The first kappa shape index (κ1) is 15.3. The Morgan fingerprint density at radius 1 is 1.24 bits per heavy atom. The molecule has 0 saturated heterocycles. The van der Waals surface area contributed by atoms with Crippen LogP contribution in [0.15, 0.2) is 22.7 Å². The number of benzene rings is 1. The van der Waals surface area contributed by atoms with Crippen LogP contribution in [0, 0.1) is 0 Å². The largest absolute Gasteiger partial charge is 0.489 e. The van der Waals surface area contributed by atoms with Gasteiger partial charge in [-0.1, -0.05) is 25.3 Å². The second-order valence-electron chi connectivity index (χ2n) is 6.49. The molecule has 0 spiro atoms. The first-order valence-electron chi connectivity index (χ1n) is 8.02. The molecule has 0 unspecified atom stereocenters. The molecule has 0 bridgehead atoms. The van der Waals surface area contributed by atoms with Gasteiger partial charge >= 0.3 is 0 Å². The maximum atomic E-state index is 10.5. The lowest BCUT2D eigenvalue weighted by Crippen LogP contribution is -2.37. The minimum absolute atomic E-state index is 0.394. The second kappa shape index (κ2) is 6.67. The van der Waals surface area contributed by atoms with Crippen LogP contribution in [-0.4, -0.2) is 23.4 Å². The summed E-state index contributed by atoms with van der Waals surface area (Å²) in [4.78, 5) is 0. The smallest absolute Gasteiger partial charge is 0.133 e. The van der Waals surface area contributed by atoms with Crippen molar-refractivity contribution in [2.24, 2.45) is 0 Å². The van der Waals surface area contributed by atoms with Crippen molar-refractivity contribution < 1.29 is 9.84 Å². The van der Waals surface area contributed by atoms with Crippen LogP contribution in [0.3, 0.4) is 0 Å². The summed E-state index contributed by atoms with van der Waals surface area (Å²) in [5.41, 5.74) is 0.627. The van der Waals surface area contributed by atoms with Crippen LogP contribution >= 0.6 is 15.9 Å². The highest BCUT2D eigenvalue weighted by Gasteiger charge is 2.30. The maximum Gasteiger partial charge on any atom is 0.133 e. The highest BCUT2D eigenvalue weighted by molar-refractivity contribution is 9.10. The summed E-state index contributed by atoms with van der Waals surface area (Å²) in [6.45, 7) is 1.30. The fourth-order valence-corrected chi connectivity index (χ4v) is 3.43. The van der Waals surface area contributed by atoms with Crippen molar-refractivity contribution >= 4 is 15.9 Å². The van der Waals surface area contributed by atoms with Crippen molar-refractivity contribution in [1.29, 1.82) is 0 Å². The SMILES string of the molecule is OC1(COc2ccc(CNC3CC3)cc2Br)CCCCC1. The number of hydrogen-bond acceptors (Lipinski definition) is 3. The molecule has 0 aromatic heterocycles. The molecule has 0 radical (unpaired) electrons. The van der Waals surface area contributed by atoms with E-state index in [-0.39, 0.29) is 0 Å². The quantitative estimate of drug-likeness (QED) is 0.817. The van der Waals surface area contributed by atoms with Crippen LogP contribution in [0.25, 0.3) is 0 Å². The molecule has 0 atom stereocenters. The number of rotatable bonds is 6. The third-order valence-electron chi connectivity index (χ3n) is 4.45. The van der Waals surface area contributed by atoms with Gasteiger partial charge in [0.2, 0.25) is 0 Å². The maximum absolute atomic E-state index is 10.5. The highest BCUT2D eigenvalue weighted by atomic mass is 79.9. The van der Waals surface area contributed by atoms with Crippen molar-refractivity contribution in [1.82, 2.24) is 5.32 Å². The number of ether oxygens (including phenoxy) is 1. The molecule has 21 heavy (non-hydrogen) atoms. The van der Waals surface area contributed by atoms with E-state index < -0.39 is 5.60 Å². The molecule has 2 aliphatic rings. The monoisotopic (exact) mass is 353 g/mol. The van der Waals surface area contributed by atoms with Gasteiger partial charge in [-0.15, -0.1) is 0 Å². The van der Waals surface area contributed by atoms with Crippen molar-refractivity contribution in [3.05, 3.63) is 28.2 Å². The Morgan fingerprint density at radius 2 is 2.00 bits per heavy atom. The number of halogens is 1. The summed E-state index contributed by atoms with van der Waals surface area (Å²) in [7, 11) is 0. The standard InChI is InChI=1S/C17H24BrNO2/c18-15-10-13(11-19-14-5-6-14)4-7-16(15)21-12-17(20)8-2-1-3-9-17/h4,7,10,14,19-20H,1-3,5-6,8-9,11-12H2. The summed E-state index contributed by atoms with van der Waals surface area (Å²) < 4.78 is 6.82. The predicted molar refractivity (Wildman–Crippen MR) is 87.5 cm³/mol. The average Bonchev–Trinajstić information content (AvgIpc) is 3.29. The van der Waals surface area contributed by atoms with Crippen molar-refractivity contribution in [3.63, 3.8) is 0 Å². The number of aliphatic hydroxyl groups is 1. The Hall–Kier alpha value is -0.580. The fourth-order valence-electron chi connectivity index (χ4n) is 2.89. The molecule has 4 heteroatoms. The van der Waals surface area contributed by atoms with Crippen LogP contribution in [0.1, 0.15) is 50.5 Å². The van der Waals surface area contributed by atoms with Gasteiger partial charge in [0.25, 0.3) is 0 Å². The van der Waals surface area contributed by atoms with Gasteiger partial charge in [0.15, 0.2) is 0 Å². The molecular formula is C17H24BrNO2. The summed E-state index contributed by atoms with van der Waals surface area (Å²) in [6.07, 6.45) is 7.76. The number of nitrogens with one attached hydrogen (secondary N) is 1. The summed E-state index contributed by atoms with van der Waals surface area (Å²) in [5.74, 6) is 0.823. The van der Waals surface area contributed by atoms with Crippen LogP contribution in [0.5, 0.6) is 5.75 Å². The highest BCUT2D eigenvalue weighted by Crippen LogP contribution is 2.31. The molecular weight excluding hydrogens is 330 g/mol. The lowest BCUT2D eigenvalue weighted by molar-refractivity contribution is -0.0340. The van der Waals surface area contributed by atoms with E-state index in [1.54, 1.807) is 0 Å². The Morgan fingerprint density at radius 3 is 2.67 bits per heavy atom. The van der Waals surface area contributed by atoms with Gasteiger partial charge in [0.05, 0.1) is 10.1 Å². The van der Waals surface area contributed by atoms with Crippen LogP contribution in [-0.2, 0) is 6.54 Å². The van der Waals surface area contributed by atoms with E-state index in [0.29, 0.717) is 6.61 Å². The van der Waals surface area contributed by atoms with Gasteiger partial charge in [0.1, 0.15) is 12.4 Å². The predicted octanol–water partition coefficient (Wildman–Crippen LogP) is 3.78. The van der Waals surface area contributed by atoms with Gasteiger partial charge in [0, 0.05) is 12.6 Å². The van der Waals surface area contributed by atoms with E-state index in [1.165, 1.54) is 24.8 Å². The van der Waals surface area contributed by atoms with Crippen LogP contribution < -0.4 is 10.1 Å². The molecule has 2 saturated carbocycles. The molecule has 2 fully saturated rings. The van der Waals surface area contributed by atoms with Crippen LogP contribution in [0.2, 0.25) is 0 Å². The van der Waals surface area contributed by atoms with Crippen LogP contribution in [0.4, 0.5) is 0 Å². The van der Waals surface area contributed by atoms with Gasteiger partial charge < -0.3 is 15.2 Å². The van der Waals surface area contributed by atoms with E-state index in [9.17, 15) is 5.11 Å². The zero-order valence-electron chi connectivity index (χ0n) is 12.4. The molecule has 0 amide bonds. The lowest BCUT2D eigenvalue weighted by Gasteiger charge is -2.31. The van der Waals surface area contributed by atoms with Gasteiger partial charge in [-0.2, -0.15) is 0 Å². The average molecular weight is 354 g/mol. The van der Waals surface area contributed by atoms with Gasteiger partial charge in [-0.3, -0.25) is 0 Å². The van der Waals surface area contributed by atoms with Gasteiger partial charge in [-0.25, -0.2) is 0 Å². The van der Waals surface area contributed by atoms with E-state index in [1.807, 2.05) is 6.07 Å². The van der Waals surface area contributed by atoms with E-state index >= 15 is 0 Å². The van der Waals surface area contributed by atoms with E-state index in [0.717, 1.165) is 48.5 Å². The first-order chi connectivity index (χ1) is 10.1. The van der Waals surface area contributed by atoms with Crippen molar-refractivity contribution in [3.8, 4) is 5.75 Å². The topological polar surface area (TPSA) is 41.5 Å². The Labute approximate surface area is 135 Å². The zero-order chi connectivity index (χ0) is 14.7. The Kier molecular flexibility index (Phi) is 4.87. The Bertz CT molecular complexity index is 482. The molecule has 0 aliphatic heterocycles. The molecule has 116 valence electrons. The minimum Gasteiger partial charge on any atom is -0.489 e. The fraction of sp³-hybridized carbons (Fsp3) is 0.647. The summed E-state index contributed by atoms with van der Waals surface area (Å²) >= 11 is 3.58. The summed E-state index contributed by atoms with van der Waals surface area (Å²) in [5, 5.41) is 14.0. The first-order valence-corrected chi connectivity index (χ1v) is 8.81. The molecule has 1 aromatic carbocycles. The van der Waals surface area contributed by atoms with Crippen molar-refractivity contribution in [2.75, 3.05) is 6.61 Å². The van der Waals surface area contributed by atoms with E-state index in [4.69, 9.17) is 4.74 Å². The molecule has 0 heterocycles. The molecule has 3 nitrogen and oxygen atoms in total. The Balaban J connectivity index is 1.54. The third-order valence-corrected chi connectivity index (χ3v) is 5.07. The minimum atomic E-state index is -0.635. The normalized spacial score (nSPS) is 21.2.